The van der Waals surface area contributed by atoms with Gasteiger partial charge < -0.3 is 5.73 Å². The fourth-order valence-electron chi connectivity index (χ4n) is 1.03. The molecule has 7 heteroatoms. The molecule has 0 saturated carbocycles. The molecule has 0 aromatic carbocycles. The van der Waals surface area contributed by atoms with E-state index in [4.69, 9.17) is 17.3 Å². The van der Waals surface area contributed by atoms with Gasteiger partial charge >= 0.3 is 0 Å². The van der Waals surface area contributed by atoms with Crippen molar-refractivity contribution in [1.29, 1.82) is 0 Å². The third-order valence-corrected chi connectivity index (χ3v) is 3.56. The van der Waals surface area contributed by atoms with Gasteiger partial charge in [0.25, 0.3) is 0 Å². The molecule has 2 heterocycles. The molecule has 2 aromatic heterocycles. The van der Waals surface area contributed by atoms with Crippen LogP contribution < -0.4 is 5.73 Å². The minimum atomic E-state index is 0.197. The van der Waals surface area contributed by atoms with Crippen LogP contribution in [0.2, 0.25) is 5.15 Å². The highest BCUT2D eigenvalue weighted by atomic mass is 127. The van der Waals surface area contributed by atoms with Crippen LogP contribution in [0.3, 0.4) is 0 Å². The minimum absolute atomic E-state index is 0.197. The van der Waals surface area contributed by atoms with E-state index in [-0.39, 0.29) is 5.95 Å². The molecule has 0 saturated heterocycles. The Labute approximate surface area is 95.6 Å². The van der Waals surface area contributed by atoms with Crippen molar-refractivity contribution in [2.75, 3.05) is 5.73 Å². The van der Waals surface area contributed by atoms with E-state index in [1.807, 2.05) is 16.2 Å². The largest absolute Gasteiger partial charge is 0.368 e. The first kappa shape index (κ1) is 9.35. The number of halogens is 2. The molecule has 0 fully saturated rings. The second-order valence-corrected chi connectivity index (χ2v) is 4.39. The van der Waals surface area contributed by atoms with E-state index < -0.39 is 0 Å². The van der Waals surface area contributed by atoms with Gasteiger partial charge in [0.1, 0.15) is 5.15 Å². The normalized spacial score (nSPS) is 10.9. The van der Waals surface area contributed by atoms with Gasteiger partial charge in [0.15, 0.2) is 5.65 Å². The zero-order valence-corrected chi connectivity index (χ0v) is 9.97. The van der Waals surface area contributed by atoms with Crippen LogP contribution in [-0.2, 0) is 0 Å². The Bertz CT molecular complexity index is 457. The van der Waals surface area contributed by atoms with E-state index in [1.165, 1.54) is 9.12 Å². The highest BCUT2D eigenvalue weighted by molar-refractivity contribution is 14.2. The topological polar surface area (TPSA) is 56.7 Å². The Balaban J connectivity index is 2.82. The lowest BCUT2D eigenvalue weighted by Gasteiger charge is -1.98. The number of nitrogens with two attached hydrogens (primary N) is 1. The summed E-state index contributed by atoms with van der Waals surface area (Å²) in [6.45, 7) is 0. The van der Waals surface area contributed by atoms with Crippen LogP contribution in [0.15, 0.2) is 12.3 Å². The van der Waals surface area contributed by atoms with Crippen LogP contribution in [0.1, 0.15) is 0 Å². The summed E-state index contributed by atoms with van der Waals surface area (Å²) in [6.07, 6.45) is 1.88. The van der Waals surface area contributed by atoms with Gasteiger partial charge in [-0.3, -0.25) is 3.97 Å². The van der Waals surface area contributed by atoms with Gasteiger partial charge in [-0.1, -0.05) is 11.6 Å². The van der Waals surface area contributed by atoms with Crippen molar-refractivity contribution in [2.45, 2.75) is 0 Å². The number of anilines is 1. The number of hydrogen-bond donors (Lipinski definition) is 1. The summed E-state index contributed by atoms with van der Waals surface area (Å²) in [5, 5.41) is 1.21. The maximum absolute atomic E-state index is 5.88. The zero-order chi connectivity index (χ0) is 9.42. The Kier molecular flexibility index (Phi) is 2.52. The number of aromatic nitrogens is 3. The monoisotopic (exact) mass is 326 g/mol. The molecule has 0 amide bonds. The predicted molar refractivity (Wildman–Crippen MR) is 64.0 cm³/mol. The fourth-order valence-corrected chi connectivity index (χ4v) is 2.53. The number of fused-ring (bicyclic) bond motifs is 1. The highest BCUT2D eigenvalue weighted by Crippen LogP contribution is 2.27. The molecule has 0 bridgehead atoms. The van der Waals surface area contributed by atoms with Crippen LogP contribution >= 0.6 is 41.9 Å². The molecule has 0 unspecified atom stereocenters. The summed E-state index contributed by atoms with van der Waals surface area (Å²) in [5.41, 5.74) is 6.22. The molecule has 0 radical (unpaired) electrons. The molecule has 2 N–H and O–H groups in total. The Morgan fingerprint density at radius 1 is 1.54 bits per heavy atom. The van der Waals surface area contributed by atoms with E-state index in [0.717, 1.165) is 11.0 Å². The molecule has 2 aromatic rings. The molecular weight excluding hydrogens is 323 g/mol. The first-order valence-electron chi connectivity index (χ1n) is 3.31. The molecule has 4 nitrogen and oxygen atoms in total. The Morgan fingerprint density at radius 3 is 3.00 bits per heavy atom. The SMILES string of the molecule is Nc1nc(Cl)c2ccn(SI)c2n1. The van der Waals surface area contributed by atoms with Crippen molar-refractivity contribution in [3.05, 3.63) is 17.4 Å². The van der Waals surface area contributed by atoms with Gasteiger partial charge in [-0.15, -0.1) is 0 Å². The summed E-state index contributed by atoms with van der Waals surface area (Å²) < 4.78 is 1.87. The molecule has 2 rings (SSSR count). The number of nitrogen functional groups attached to an aromatic ring is 1. The maximum Gasteiger partial charge on any atom is 0.223 e. The molecular formula is C6H4ClIN4S. The summed E-state index contributed by atoms with van der Waals surface area (Å²) in [5.74, 6) is 0.197. The summed E-state index contributed by atoms with van der Waals surface area (Å²) >= 11 is 8.03. The van der Waals surface area contributed by atoms with Crippen LogP contribution in [-0.4, -0.2) is 13.9 Å². The molecule has 0 aliphatic carbocycles. The van der Waals surface area contributed by atoms with Gasteiger partial charge in [-0.05, 0) is 6.07 Å². The molecule has 68 valence electrons. The van der Waals surface area contributed by atoms with Gasteiger partial charge in [0.05, 0.1) is 5.39 Å². The van der Waals surface area contributed by atoms with Gasteiger partial charge in [0.2, 0.25) is 5.95 Å². The lowest BCUT2D eigenvalue weighted by atomic mass is 10.4. The van der Waals surface area contributed by atoms with Crippen LogP contribution in [0, 0.1) is 0 Å². The maximum atomic E-state index is 5.88. The average molecular weight is 327 g/mol. The first-order chi connectivity index (χ1) is 6.22. The molecule has 0 atom stereocenters. The molecule has 0 aliphatic rings. The fraction of sp³-hybridized carbons (Fsp3) is 0. The van der Waals surface area contributed by atoms with Crippen molar-refractivity contribution >= 4 is 58.9 Å². The van der Waals surface area contributed by atoms with Crippen LogP contribution in [0.4, 0.5) is 5.95 Å². The number of nitrogens with zero attached hydrogens (tertiary/aromatic N) is 3. The van der Waals surface area contributed by atoms with Crippen molar-refractivity contribution < 1.29 is 0 Å². The lowest BCUT2D eigenvalue weighted by Crippen LogP contribution is -1.96. The minimum Gasteiger partial charge on any atom is -0.368 e. The molecule has 13 heavy (non-hydrogen) atoms. The lowest BCUT2D eigenvalue weighted by molar-refractivity contribution is 1.20. The highest BCUT2D eigenvalue weighted by Gasteiger charge is 2.08. The van der Waals surface area contributed by atoms with Crippen LogP contribution in [0.25, 0.3) is 11.0 Å². The van der Waals surface area contributed by atoms with Gasteiger partial charge in [0, 0.05) is 36.5 Å². The standard InChI is InChI=1S/C6H4ClIN4S/c7-4-3-1-2-12(13-8)5(3)11-6(9)10-4/h1-2H,(H2,9,10,11). The van der Waals surface area contributed by atoms with E-state index in [1.54, 1.807) is 0 Å². The molecule has 0 spiro atoms. The van der Waals surface area contributed by atoms with Crippen molar-refractivity contribution in [2.24, 2.45) is 0 Å². The predicted octanol–water partition coefficient (Wildman–Crippen LogP) is 2.51. The third-order valence-electron chi connectivity index (χ3n) is 1.56. The van der Waals surface area contributed by atoms with E-state index in [2.05, 4.69) is 31.2 Å². The van der Waals surface area contributed by atoms with E-state index in [9.17, 15) is 0 Å². The third kappa shape index (κ3) is 1.57. The quantitative estimate of drug-likeness (QED) is 0.646. The second kappa shape index (κ2) is 3.50. The van der Waals surface area contributed by atoms with Gasteiger partial charge in [-0.2, -0.15) is 4.98 Å². The van der Waals surface area contributed by atoms with E-state index in [0.29, 0.717) is 5.15 Å². The summed E-state index contributed by atoms with van der Waals surface area (Å²) in [6, 6.07) is 1.86. The first-order valence-corrected chi connectivity index (χ1v) is 7.01. The smallest absolute Gasteiger partial charge is 0.223 e. The molecule has 0 aliphatic heterocycles. The van der Waals surface area contributed by atoms with Crippen molar-refractivity contribution in [3.8, 4) is 0 Å². The van der Waals surface area contributed by atoms with E-state index >= 15 is 0 Å². The van der Waals surface area contributed by atoms with Gasteiger partial charge in [-0.25, -0.2) is 4.98 Å². The Morgan fingerprint density at radius 2 is 2.31 bits per heavy atom. The summed E-state index contributed by atoms with van der Waals surface area (Å²) in [7, 11) is 1.50. The number of rotatable bonds is 1. The van der Waals surface area contributed by atoms with Crippen LogP contribution in [0.5, 0.6) is 0 Å². The number of hydrogen-bond acceptors (Lipinski definition) is 4. The summed E-state index contributed by atoms with van der Waals surface area (Å²) in [4.78, 5) is 7.94. The average Bonchev–Trinajstić information content (AvgIpc) is 2.47. The zero-order valence-electron chi connectivity index (χ0n) is 6.24. The van der Waals surface area contributed by atoms with Crippen molar-refractivity contribution in [3.63, 3.8) is 0 Å². The van der Waals surface area contributed by atoms with Crippen molar-refractivity contribution in [1.82, 2.24) is 13.9 Å². The Hall–Kier alpha value is -0.210. The second-order valence-electron chi connectivity index (χ2n) is 2.32.